The van der Waals surface area contributed by atoms with Crippen molar-refractivity contribution in [2.75, 3.05) is 13.2 Å². The number of hydrogen-bond donors (Lipinski definition) is 0. The highest BCUT2D eigenvalue weighted by atomic mass is 19.4. The fourth-order valence-corrected chi connectivity index (χ4v) is 2.77. The standard InChI is InChI=1S/C18H21F6NO4/c1-16(2,3)29-15(26)25-9-14(8-12(25)10-27-18(22,23)24)28-13-6-4-11(5-7-13)17(19,20)21/h4-7,12,14H,8-10H2,1-3H3/t12-,14-/m0/s1. The lowest BCUT2D eigenvalue weighted by atomic mass is 10.2. The van der Waals surface area contributed by atoms with Gasteiger partial charge in [0.1, 0.15) is 17.5 Å². The van der Waals surface area contributed by atoms with Gasteiger partial charge in [0.25, 0.3) is 0 Å². The summed E-state index contributed by atoms with van der Waals surface area (Å²) < 4.78 is 89.7. The van der Waals surface area contributed by atoms with E-state index < -0.39 is 48.5 Å². The predicted molar refractivity (Wildman–Crippen MR) is 89.2 cm³/mol. The maximum atomic E-state index is 12.6. The number of carbonyl (C=O) groups excluding carboxylic acids is 1. The summed E-state index contributed by atoms with van der Waals surface area (Å²) >= 11 is 0. The molecule has 0 aromatic heterocycles. The number of rotatable bonds is 4. The van der Waals surface area contributed by atoms with Crippen LogP contribution in [-0.4, -0.2) is 48.3 Å². The van der Waals surface area contributed by atoms with E-state index in [4.69, 9.17) is 9.47 Å². The van der Waals surface area contributed by atoms with E-state index in [1.807, 2.05) is 0 Å². The number of amides is 1. The minimum absolute atomic E-state index is 0.00363. The molecule has 0 saturated carbocycles. The zero-order valence-electron chi connectivity index (χ0n) is 15.9. The van der Waals surface area contributed by atoms with Crippen molar-refractivity contribution >= 4 is 6.09 Å². The van der Waals surface area contributed by atoms with Gasteiger partial charge in [0.2, 0.25) is 0 Å². The highest BCUT2D eigenvalue weighted by molar-refractivity contribution is 5.69. The van der Waals surface area contributed by atoms with Crippen LogP contribution in [0.15, 0.2) is 24.3 Å². The lowest BCUT2D eigenvalue weighted by molar-refractivity contribution is -0.327. The first-order valence-electron chi connectivity index (χ1n) is 8.68. The topological polar surface area (TPSA) is 48.0 Å². The quantitative estimate of drug-likeness (QED) is 0.633. The number of likely N-dealkylation sites (tertiary alicyclic amines) is 1. The van der Waals surface area contributed by atoms with E-state index >= 15 is 0 Å². The largest absolute Gasteiger partial charge is 0.522 e. The summed E-state index contributed by atoms with van der Waals surface area (Å²) in [5.74, 6) is 0.101. The predicted octanol–water partition coefficient (Wildman–Crippen LogP) is 5.00. The minimum Gasteiger partial charge on any atom is -0.489 e. The van der Waals surface area contributed by atoms with Crippen LogP contribution in [0.4, 0.5) is 31.1 Å². The fraction of sp³-hybridized carbons (Fsp3) is 0.611. The molecular weight excluding hydrogens is 408 g/mol. The van der Waals surface area contributed by atoms with Crippen molar-refractivity contribution in [2.24, 2.45) is 0 Å². The van der Waals surface area contributed by atoms with Gasteiger partial charge in [-0.05, 0) is 45.0 Å². The van der Waals surface area contributed by atoms with Crippen LogP contribution < -0.4 is 4.74 Å². The molecule has 1 amide bonds. The van der Waals surface area contributed by atoms with Gasteiger partial charge < -0.3 is 9.47 Å². The third-order valence-corrected chi connectivity index (χ3v) is 3.93. The second-order valence-electron chi connectivity index (χ2n) is 7.54. The number of nitrogens with zero attached hydrogens (tertiary/aromatic N) is 1. The second-order valence-corrected chi connectivity index (χ2v) is 7.54. The van der Waals surface area contributed by atoms with Gasteiger partial charge in [0, 0.05) is 6.42 Å². The average molecular weight is 429 g/mol. The van der Waals surface area contributed by atoms with Crippen molar-refractivity contribution in [1.29, 1.82) is 0 Å². The first-order chi connectivity index (χ1) is 13.1. The van der Waals surface area contributed by atoms with Crippen LogP contribution in [0.2, 0.25) is 0 Å². The monoisotopic (exact) mass is 429 g/mol. The van der Waals surface area contributed by atoms with Crippen LogP contribution in [0, 0.1) is 0 Å². The van der Waals surface area contributed by atoms with Crippen molar-refractivity contribution in [2.45, 2.75) is 57.5 Å². The Balaban J connectivity index is 2.08. The zero-order valence-corrected chi connectivity index (χ0v) is 15.9. The van der Waals surface area contributed by atoms with Gasteiger partial charge in [-0.1, -0.05) is 0 Å². The normalized spacial score (nSPS) is 20.7. The Morgan fingerprint density at radius 2 is 1.66 bits per heavy atom. The van der Waals surface area contributed by atoms with Crippen molar-refractivity contribution < 1.29 is 45.3 Å². The molecule has 2 rings (SSSR count). The summed E-state index contributed by atoms with van der Waals surface area (Å²) in [7, 11) is 0. The Morgan fingerprint density at radius 1 is 1.07 bits per heavy atom. The Morgan fingerprint density at radius 3 is 2.14 bits per heavy atom. The van der Waals surface area contributed by atoms with E-state index in [9.17, 15) is 31.1 Å². The lowest BCUT2D eigenvalue weighted by Gasteiger charge is -2.28. The fourth-order valence-electron chi connectivity index (χ4n) is 2.77. The number of carbonyl (C=O) groups is 1. The van der Waals surface area contributed by atoms with E-state index in [-0.39, 0.29) is 18.7 Å². The van der Waals surface area contributed by atoms with Gasteiger partial charge in [0.15, 0.2) is 0 Å². The summed E-state index contributed by atoms with van der Waals surface area (Å²) in [4.78, 5) is 13.4. The van der Waals surface area contributed by atoms with Gasteiger partial charge >= 0.3 is 18.6 Å². The van der Waals surface area contributed by atoms with Crippen molar-refractivity contribution in [1.82, 2.24) is 4.90 Å². The van der Waals surface area contributed by atoms with Gasteiger partial charge in [-0.3, -0.25) is 9.64 Å². The summed E-state index contributed by atoms with van der Waals surface area (Å²) in [6, 6.07) is 2.92. The van der Waals surface area contributed by atoms with E-state index in [0.29, 0.717) is 0 Å². The number of hydrogen-bond acceptors (Lipinski definition) is 4. The van der Waals surface area contributed by atoms with Crippen molar-refractivity contribution in [3.8, 4) is 5.75 Å². The molecule has 0 aliphatic carbocycles. The molecule has 0 bridgehead atoms. The molecule has 1 aromatic rings. The van der Waals surface area contributed by atoms with Crippen LogP contribution in [-0.2, 0) is 15.7 Å². The molecule has 164 valence electrons. The van der Waals surface area contributed by atoms with Crippen LogP contribution in [0.5, 0.6) is 5.75 Å². The first-order valence-corrected chi connectivity index (χ1v) is 8.68. The molecule has 0 spiro atoms. The van der Waals surface area contributed by atoms with E-state index in [2.05, 4.69) is 4.74 Å². The Labute approximate surface area is 163 Å². The molecule has 1 heterocycles. The van der Waals surface area contributed by atoms with Crippen LogP contribution in [0.1, 0.15) is 32.8 Å². The highest BCUT2D eigenvalue weighted by Crippen LogP contribution is 2.32. The minimum atomic E-state index is -4.87. The maximum absolute atomic E-state index is 12.6. The Kier molecular flexibility index (Phi) is 6.61. The molecule has 1 fully saturated rings. The molecular formula is C18H21F6NO4. The average Bonchev–Trinajstić information content (AvgIpc) is 2.93. The summed E-state index contributed by atoms with van der Waals surface area (Å²) in [5, 5.41) is 0. The molecule has 0 N–H and O–H groups in total. The van der Waals surface area contributed by atoms with Crippen molar-refractivity contribution in [3.63, 3.8) is 0 Å². The van der Waals surface area contributed by atoms with Gasteiger partial charge in [0.05, 0.1) is 24.8 Å². The van der Waals surface area contributed by atoms with Crippen LogP contribution in [0.25, 0.3) is 0 Å². The van der Waals surface area contributed by atoms with Crippen LogP contribution >= 0.6 is 0 Å². The number of halogens is 6. The first kappa shape index (κ1) is 23.1. The molecule has 2 atom stereocenters. The van der Waals surface area contributed by atoms with Gasteiger partial charge in [-0.25, -0.2) is 4.79 Å². The molecule has 1 aromatic carbocycles. The highest BCUT2D eigenvalue weighted by Gasteiger charge is 2.41. The van der Waals surface area contributed by atoms with E-state index in [0.717, 1.165) is 29.2 Å². The summed E-state index contributed by atoms with van der Waals surface area (Å²) in [6.45, 7) is 3.92. The second kappa shape index (κ2) is 8.29. The molecule has 0 radical (unpaired) electrons. The zero-order chi connectivity index (χ0) is 22.0. The third kappa shape index (κ3) is 7.30. The molecule has 1 aliphatic heterocycles. The van der Waals surface area contributed by atoms with E-state index in [1.54, 1.807) is 20.8 Å². The molecule has 0 unspecified atom stereocenters. The molecule has 5 nitrogen and oxygen atoms in total. The Bertz CT molecular complexity index is 696. The van der Waals surface area contributed by atoms with Gasteiger partial charge in [-0.2, -0.15) is 13.2 Å². The number of alkyl halides is 6. The van der Waals surface area contributed by atoms with Gasteiger partial charge in [-0.15, -0.1) is 13.2 Å². The smallest absolute Gasteiger partial charge is 0.489 e. The summed E-state index contributed by atoms with van der Waals surface area (Å²) in [5.41, 5.74) is -1.72. The molecule has 1 aliphatic rings. The lowest BCUT2D eigenvalue weighted by Crippen LogP contribution is -2.42. The number of benzene rings is 1. The molecule has 1 saturated heterocycles. The van der Waals surface area contributed by atoms with E-state index in [1.165, 1.54) is 0 Å². The maximum Gasteiger partial charge on any atom is 0.522 e. The SMILES string of the molecule is CC(C)(C)OC(=O)N1C[C@@H](Oc2ccc(C(F)(F)F)cc2)C[C@H]1COC(F)(F)F. The molecule has 29 heavy (non-hydrogen) atoms. The Hall–Kier alpha value is -2.17. The number of ether oxygens (including phenoxy) is 3. The van der Waals surface area contributed by atoms with Crippen LogP contribution in [0.3, 0.4) is 0 Å². The molecule has 11 heteroatoms. The third-order valence-electron chi connectivity index (χ3n) is 3.93. The van der Waals surface area contributed by atoms with Crippen molar-refractivity contribution in [3.05, 3.63) is 29.8 Å². The summed E-state index contributed by atoms with van der Waals surface area (Å²) in [6.07, 6.45) is -10.9.